The summed E-state index contributed by atoms with van der Waals surface area (Å²) in [6, 6.07) is 2.39. The molecular formula is C18H23N5O. The smallest absolute Gasteiger partial charge is 0.222 e. The Morgan fingerprint density at radius 1 is 1.17 bits per heavy atom. The molecule has 4 rings (SSSR count). The molecule has 0 bridgehead atoms. The van der Waals surface area contributed by atoms with Crippen molar-refractivity contribution in [1.29, 1.82) is 0 Å². The lowest BCUT2D eigenvalue weighted by Crippen LogP contribution is -2.48. The van der Waals surface area contributed by atoms with E-state index in [0.717, 1.165) is 67.0 Å². The van der Waals surface area contributed by atoms with Gasteiger partial charge in [0.15, 0.2) is 5.65 Å². The summed E-state index contributed by atoms with van der Waals surface area (Å²) in [5.74, 6) is 1.27. The van der Waals surface area contributed by atoms with Crippen molar-refractivity contribution in [1.82, 2.24) is 19.9 Å². The van der Waals surface area contributed by atoms with Crippen LogP contribution in [0.4, 0.5) is 5.82 Å². The first-order valence-corrected chi connectivity index (χ1v) is 8.77. The molecule has 4 heterocycles. The van der Waals surface area contributed by atoms with Gasteiger partial charge >= 0.3 is 0 Å². The van der Waals surface area contributed by atoms with Crippen LogP contribution in [0.2, 0.25) is 0 Å². The molecule has 2 aliphatic heterocycles. The molecule has 1 atom stereocenters. The largest absolute Gasteiger partial charge is 0.354 e. The third kappa shape index (κ3) is 2.60. The first-order valence-electron chi connectivity index (χ1n) is 8.77. The number of piperidine rings is 1. The molecule has 2 aromatic rings. The molecule has 6 nitrogen and oxygen atoms in total. The quantitative estimate of drug-likeness (QED) is 0.847. The van der Waals surface area contributed by atoms with E-state index in [0.29, 0.717) is 18.4 Å². The summed E-state index contributed by atoms with van der Waals surface area (Å²) in [4.78, 5) is 30.0. The highest BCUT2D eigenvalue weighted by molar-refractivity contribution is 5.90. The minimum atomic E-state index is 0.303. The molecule has 6 heteroatoms. The van der Waals surface area contributed by atoms with Crippen LogP contribution in [0.1, 0.15) is 36.9 Å². The number of aryl methyl sites for hydroxylation is 2. The van der Waals surface area contributed by atoms with Crippen LogP contribution in [-0.4, -0.2) is 51.4 Å². The van der Waals surface area contributed by atoms with Crippen molar-refractivity contribution in [3.05, 3.63) is 23.7 Å². The lowest BCUT2D eigenvalue weighted by atomic mass is 10.0. The number of amides is 1. The Kier molecular flexibility index (Phi) is 3.82. The maximum absolute atomic E-state index is 12.1. The molecule has 126 valence electrons. The fourth-order valence-electron chi connectivity index (χ4n) is 4.09. The predicted octanol–water partition coefficient (Wildman–Crippen LogP) is 2.23. The van der Waals surface area contributed by atoms with Crippen molar-refractivity contribution in [2.45, 2.75) is 45.6 Å². The van der Waals surface area contributed by atoms with Gasteiger partial charge in [-0.1, -0.05) is 0 Å². The van der Waals surface area contributed by atoms with E-state index in [1.165, 1.54) is 0 Å². The maximum Gasteiger partial charge on any atom is 0.222 e. The number of carbonyl (C=O) groups excluding carboxylic acids is 1. The molecule has 0 aliphatic carbocycles. The number of fused-ring (bicyclic) bond motifs is 1. The van der Waals surface area contributed by atoms with E-state index in [2.05, 4.69) is 37.7 Å². The van der Waals surface area contributed by atoms with Crippen LogP contribution >= 0.6 is 0 Å². The van der Waals surface area contributed by atoms with Gasteiger partial charge in [-0.2, -0.15) is 0 Å². The number of hydrogen-bond donors (Lipinski definition) is 0. The summed E-state index contributed by atoms with van der Waals surface area (Å²) in [6.07, 6.45) is 5.47. The molecule has 0 radical (unpaired) electrons. The van der Waals surface area contributed by atoms with Crippen LogP contribution in [0.3, 0.4) is 0 Å². The van der Waals surface area contributed by atoms with Crippen LogP contribution < -0.4 is 4.90 Å². The lowest BCUT2D eigenvalue weighted by molar-refractivity contribution is -0.129. The van der Waals surface area contributed by atoms with Gasteiger partial charge in [0, 0.05) is 37.8 Å². The molecule has 0 saturated carbocycles. The van der Waals surface area contributed by atoms with E-state index < -0.39 is 0 Å². The molecule has 2 aromatic heterocycles. The topological polar surface area (TPSA) is 62.2 Å². The van der Waals surface area contributed by atoms with E-state index in [-0.39, 0.29) is 0 Å². The molecule has 2 aliphatic rings. The minimum Gasteiger partial charge on any atom is -0.354 e. The van der Waals surface area contributed by atoms with Gasteiger partial charge in [0.1, 0.15) is 12.1 Å². The zero-order valence-corrected chi connectivity index (χ0v) is 14.3. The Morgan fingerprint density at radius 2 is 2.04 bits per heavy atom. The van der Waals surface area contributed by atoms with Crippen molar-refractivity contribution in [3.8, 4) is 0 Å². The molecular weight excluding hydrogens is 302 g/mol. The second kappa shape index (κ2) is 6.00. The van der Waals surface area contributed by atoms with Gasteiger partial charge in [0.25, 0.3) is 0 Å². The Hall–Kier alpha value is -2.24. The number of nitrogens with zero attached hydrogens (tertiary/aromatic N) is 5. The van der Waals surface area contributed by atoms with E-state index in [9.17, 15) is 4.79 Å². The summed E-state index contributed by atoms with van der Waals surface area (Å²) >= 11 is 0. The number of rotatable bonds is 2. The highest BCUT2D eigenvalue weighted by atomic mass is 16.2. The molecule has 1 amide bonds. The molecule has 2 fully saturated rings. The van der Waals surface area contributed by atoms with Crippen LogP contribution in [0.15, 0.2) is 12.4 Å². The Morgan fingerprint density at radius 3 is 2.83 bits per heavy atom. The van der Waals surface area contributed by atoms with Gasteiger partial charge in [-0.05, 0) is 44.7 Å². The van der Waals surface area contributed by atoms with Gasteiger partial charge in [-0.15, -0.1) is 0 Å². The van der Waals surface area contributed by atoms with Crippen LogP contribution in [-0.2, 0) is 4.79 Å². The van der Waals surface area contributed by atoms with Crippen LogP contribution in [0.5, 0.6) is 0 Å². The minimum absolute atomic E-state index is 0.303. The highest BCUT2D eigenvalue weighted by Gasteiger charge is 2.32. The number of likely N-dealkylation sites (tertiary alicyclic amines) is 1. The van der Waals surface area contributed by atoms with E-state index in [1.54, 1.807) is 6.33 Å². The first kappa shape index (κ1) is 15.3. The number of carbonyl (C=O) groups is 1. The third-order valence-electron chi connectivity index (χ3n) is 5.16. The van der Waals surface area contributed by atoms with Gasteiger partial charge in [0.05, 0.1) is 5.39 Å². The van der Waals surface area contributed by atoms with Crippen molar-refractivity contribution in [3.63, 3.8) is 0 Å². The number of pyridine rings is 1. The zero-order chi connectivity index (χ0) is 16.7. The summed E-state index contributed by atoms with van der Waals surface area (Å²) in [6.45, 7) is 6.81. The monoisotopic (exact) mass is 325 g/mol. The normalized spacial score (nSPS) is 21.8. The SMILES string of the molecule is Cc1cc(C)c2c(N3CCC[C@@H](N4CCCC4=O)C3)ncnc2n1. The summed E-state index contributed by atoms with van der Waals surface area (Å²) < 4.78 is 0. The fourth-order valence-corrected chi connectivity index (χ4v) is 4.09. The van der Waals surface area contributed by atoms with E-state index in [1.807, 2.05) is 6.92 Å². The Labute approximate surface area is 141 Å². The average molecular weight is 325 g/mol. The fraction of sp³-hybridized carbons (Fsp3) is 0.556. The zero-order valence-electron chi connectivity index (χ0n) is 14.3. The highest BCUT2D eigenvalue weighted by Crippen LogP contribution is 2.30. The van der Waals surface area contributed by atoms with Gasteiger partial charge in [-0.3, -0.25) is 4.79 Å². The standard InChI is InChI=1S/C18H23N5O/c1-12-9-13(2)21-17-16(12)18(20-11-19-17)22-7-3-5-14(10-22)23-8-4-6-15(23)24/h9,11,14H,3-8,10H2,1-2H3/t14-/m1/s1. The maximum atomic E-state index is 12.1. The number of hydrogen-bond acceptors (Lipinski definition) is 5. The number of aromatic nitrogens is 3. The van der Waals surface area contributed by atoms with Gasteiger partial charge in [0.2, 0.25) is 5.91 Å². The average Bonchev–Trinajstić information content (AvgIpc) is 3.00. The number of anilines is 1. The molecule has 0 N–H and O–H groups in total. The Bertz CT molecular complexity index is 790. The van der Waals surface area contributed by atoms with Crippen molar-refractivity contribution in [2.24, 2.45) is 0 Å². The summed E-state index contributed by atoms with van der Waals surface area (Å²) in [5, 5.41) is 1.04. The van der Waals surface area contributed by atoms with Crippen molar-refractivity contribution < 1.29 is 4.79 Å². The lowest BCUT2D eigenvalue weighted by Gasteiger charge is -2.38. The molecule has 0 unspecified atom stereocenters. The Balaban J connectivity index is 1.68. The van der Waals surface area contributed by atoms with Gasteiger partial charge < -0.3 is 9.80 Å². The van der Waals surface area contributed by atoms with Crippen LogP contribution in [0, 0.1) is 13.8 Å². The summed E-state index contributed by atoms with van der Waals surface area (Å²) in [5.41, 5.74) is 2.90. The second-order valence-electron chi connectivity index (χ2n) is 6.91. The molecule has 0 spiro atoms. The molecule has 24 heavy (non-hydrogen) atoms. The van der Waals surface area contributed by atoms with Gasteiger partial charge in [-0.25, -0.2) is 15.0 Å². The molecule has 0 aromatic carbocycles. The predicted molar refractivity (Wildman–Crippen MR) is 93.0 cm³/mol. The molecule has 2 saturated heterocycles. The summed E-state index contributed by atoms with van der Waals surface area (Å²) in [7, 11) is 0. The second-order valence-corrected chi connectivity index (χ2v) is 6.91. The van der Waals surface area contributed by atoms with Crippen molar-refractivity contribution >= 4 is 22.8 Å². The van der Waals surface area contributed by atoms with Crippen molar-refractivity contribution in [2.75, 3.05) is 24.5 Å². The third-order valence-corrected chi connectivity index (χ3v) is 5.16. The van der Waals surface area contributed by atoms with E-state index >= 15 is 0 Å². The van der Waals surface area contributed by atoms with Crippen LogP contribution in [0.25, 0.3) is 11.0 Å². The first-order chi connectivity index (χ1) is 11.6. The van der Waals surface area contributed by atoms with E-state index in [4.69, 9.17) is 0 Å².